The van der Waals surface area contributed by atoms with Gasteiger partial charge >= 0.3 is 0 Å². The van der Waals surface area contributed by atoms with Gasteiger partial charge in [0.25, 0.3) is 0 Å². The molecule has 0 spiro atoms. The summed E-state index contributed by atoms with van der Waals surface area (Å²) in [5, 5.41) is 7.35. The quantitative estimate of drug-likeness (QED) is 0.226. The number of hydrogen-bond donors (Lipinski definition) is 0. The number of nitrogens with zero attached hydrogens (tertiary/aromatic N) is 2. The van der Waals surface area contributed by atoms with Gasteiger partial charge in [-0.25, -0.2) is 4.98 Å². The third-order valence-corrected chi connectivity index (χ3v) is 8.54. The molecule has 8 aromatic rings. The van der Waals surface area contributed by atoms with E-state index in [1.807, 2.05) is 17.5 Å². The Bertz CT molecular complexity index is 2100. The molecule has 2 nitrogen and oxygen atoms in total. The molecule has 2 heterocycles. The van der Waals surface area contributed by atoms with Gasteiger partial charge in [-0.2, -0.15) is 0 Å². The summed E-state index contributed by atoms with van der Waals surface area (Å²) in [6, 6.07) is 41.0. The normalized spacial score (nSPS) is 11.8. The summed E-state index contributed by atoms with van der Waals surface area (Å²) in [6.07, 6.45) is 1.91. The van der Waals surface area contributed by atoms with Crippen LogP contribution in [0.15, 0.2) is 121 Å². The molecule has 0 unspecified atom stereocenters. The van der Waals surface area contributed by atoms with Gasteiger partial charge in [-0.1, -0.05) is 109 Å². The van der Waals surface area contributed by atoms with E-state index >= 15 is 0 Å². The number of rotatable bonds is 2. The highest BCUT2D eigenvalue weighted by Crippen LogP contribution is 2.40. The van der Waals surface area contributed by atoms with E-state index in [9.17, 15) is 0 Å². The molecule has 172 valence electrons. The first-order chi connectivity index (χ1) is 18.3. The van der Waals surface area contributed by atoms with E-state index < -0.39 is 0 Å². The van der Waals surface area contributed by atoms with Crippen molar-refractivity contribution in [2.45, 2.75) is 0 Å². The van der Waals surface area contributed by atoms with Crippen LogP contribution in [0.25, 0.3) is 75.1 Å². The van der Waals surface area contributed by atoms with Gasteiger partial charge in [-0.15, -0.1) is 11.3 Å². The first kappa shape index (κ1) is 20.6. The van der Waals surface area contributed by atoms with E-state index in [0.717, 1.165) is 33.1 Å². The minimum atomic E-state index is 0.888. The standard InChI is InChI=1S/C34H20N2S/c1-3-11-27-24(8-1)25-9-2-4-12-28(25)33-32(27)35-20-30(36-33)22-18-16-21(17-19-22)23-13-7-14-29-26-10-5-6-15-31(26)37-34(23)29/h1-20H. The van der Waals surface area contributed by atoms with Crippen molar-refractivity contribution in [3.63, 3.8) is 0 Å². The monoisotopic (exact) mass is 488 g/mol. The van der Waals surface area contributed by atoms with E-state index in [1.165, 1.54) is 42.1 Å². The van der Waals surface area contributed by atoms with Crippen LogP contribution in [0.3, 0.4) is 0 Å². The third kappa shape index (κ3) is 3.11. The van der Waals surface area contributed by atoms with Crippen molar-refractivity contribution in [1.82, 2.24) is 9.97 Å². The smallest absolute Gasteiger partial charge is 0.0979 e. The van der Waals surface area contributed by atoms with Crippen LogP contribution in [0, 0.1) is 0 Å². The first-order valence-corrected chi connectivity index (χ1v) is 13.2. The lowest BCUT2D eigenvalue weighted by atomic mass is 9.99. The lowest BCUT2D eigenvalue weighted by Crippen LogP contribution is -1.92. The van der Waals surface area contributed by atoms with E-state index in [1.54, 1.807) is 0 Å². The minimum absolute atomic E-state index is 0.888. The number of thiophene rings is 1. The lowest BCUT2D eigenvalue weighted by Gasteiger charge is -2.10. The lowest BCUT2D eigenvalue weighted by molar-refractivity contribution is 1.31. The molecule has 8 rings (SSSR count). The van der Waals surface area contributed by atoms with Crippen molar-refractivity contribution in [3.8, 4) is 22.4 Å². The Morgan fingerprint density at radius 2 is 1.05 bits per heavy atom. The molecule has 3 heteroatoms. The molecule has 0 fully saturated rings. The van der Waals surface area contributed by atoms with E-state index in [2.05, 4.69) is 115 Å². The van der Waals surface area contributed by atoms with Crippen LogP contribution in [0.1, 0.15) is 0 Å². The fourth-order valence-corrected chi connectivity index (χ4v) is 6.80. The zero-order valence-electron chi connectivity index (χ0n) is 19.8. The summed E-state index contributed by atoms with van der Waals surface area (Å²) in [7, 11) is 0. The zero-order valence-corrected chi connectivity index (χ0v) is 20.7. The Morgan fingerprint density at radius 3 is 1.81 bits per heavy atom. The van der Waals surface area contributed by atoms with Gasteiger partial charge in [-0.05, 0) is 28.0 Å². The molecule has 0 atom stereocenters. The van der Waals surface area contributed by atoms with E-state index in [-0.39, 0.29) is 0 Å². The molecule has 37 heavy (non-hydrogen) atoms. The average molecular weight is 489 g/mol. The molecule has 0 bridgehead atoms. The first-order valence-electron chi connectivity index (χ1n) is 12.4. The molecule has 0 aliphatic rings. The Labute approximate surface area is 217 Å². The van der Waals surface area contributed by atoms with Crippen molar-refractivity contribution in [2.24, 2.45) is 0 Å². The van der Waals surface area contributed by atoms with Gasteiger partial charge in [0.05, 0.1) is 22.9 Å². The predicted molar refractivity (Wildman–Crippen MR) is 158 cm³/mol. The summed E-state index contributed by atoms with van der Waals surface area (Å²) in [5.74, 6) is 0. The molecule has 0 aliphatic heterocycles. The van der Waals surface area contributed by atoms with Crippen LogP contribution in [0.5, 0.6) is 0 Å². The molecule has 0 amide bonds. The highest BCUT2D eigenvalue weighted by Gasteiger charge is 2.13. The molecule has 6 aromatic carbocycles. The third-order valence-electron chi connectivity index (χ3n) is 7.32. The Kier molecular flexibility index (Phi) is 4.42. The Balaban J connectivity index is 1.28. The van der Waals surface area contributed by atoms with Crippen LogP contribution in [0.4, 0.5) is 0 Å². The van der Waals surface area contributed by atoms with Crippen LogP contribution < -0.4 is 0 Å². The molecule has 0 N–H and O–H groups in total. The number of aromatic nitrogens is 2. The van der Waals surface area contributed by atoms with E-state index in [4.69, 9.17) is 9.97 Å². The largest absolute Gasteiger partial charge is 0.252 e. The molecule has 0 aliphatic carbocycles. The maximum atomic E-state index is 5.14. The van der Waals surface area contributed by atoms with Crippen LogP contribution in [0.2, 0.25) is 0 Å². The Morgan fingerprint density at radius 1 is 0.459 bits per heavy atom. The second kappa shape index (κ2) is 7.95. The highest BCUT2D eigenvalue weighted by atomic mass is 32.1. The molecule has 0 saturated carbocycles. The van der Waals surface area contributed by atoms with Gasteiger partial charge in [0, 0.05) is 36.5 Å². The maximum absolute atomic E-state index is 5.14. The van der Waals surface area contributed by atoms with Crippen molar-refractivity contribution >= 4 is 64.1 Å². The number of hydrogen-bond acceptors (Lipinski definition) is 3. The zero-order chi connectivity index (χ0) is 24.3. The van der Waals surface area contributed by atoms with Gasteiger partial charge in [0.15, 0.2) is 0 Å². The number of fused-ring (bicyclic) bond motifs is 9. The molecule has 0 saturated heterocycles. The highest BCUT2D eigenvalue weighted by molar-refractivity contribution is 7.26. The van der Waals surface area contributed by atoms with Crippen LogP contribution in [-0.2, 0) is 0 Å². The summed E-state index contributed by atoms with van der Waals surface area (Å²) in [5.41, 5.74) is 6.34. The average Bonchev–Trinajstić information content (AvgIpc) is 3.36. The SMILES string of the molecule is c1ccc2c(c1)sc1c(-c3ccc(-c4cnc5c6ccccc6c6ccccc6c5n4)cc3)cccc12. The van der Waals surface area contributed by atoms with Crippen LogP contribution >= 0.6 is 11.3 Å². The second-order valence-corrected chi connectivity index (χ2v) is 10.5. The Hall–Kier alpha value is -4.60. The van der Waals surface area contributed by atoms with E-state index in [0.29, 0.717) is 0 Å². The van der Waals surface area contributed by atoms with Crippen LogP contribution in [-0.4, -0.2) is 9.97 Å². The van der Waals surface area contributed by atoms with Crippen molar-refractivity contribution in [2.75, 3.05) is 0 Å². The summed E-state index contributed by atoms with van der Waals surface area (Å²) < 4.78 is 2.66. The maximum Gasteiger partial charge on any atom is 0.0979 e. The molecule has 0 radical (unpaired) electrons. The fraction of sp³-hybridized carbons (Fsp3) is 0. The predicted octanol–water partition coefficient (Wildman–Crippen LogP) is 9.64. The summed E-state index contributed by atoms with van der Waals surface area (Å²) in [6.45, 7) is 0. The second-order valence-electron chi connectivity index (χ2n) is 9.40. The van der Waals surface area contributed by atoms with Crippen molar-refractivity contribution in [3.05, 3.63) is 121 Å². The fourth-order valence-electron chi connectivity index (χ4n) is 5.56. The van der Waals surface area contributed by atoms with Crippen molar-refractivity contribution < 1.29 is 0 Å². The number of benzene rings is 6. The van der Waals surface area contributed by atoms with Gasteiger partial charge in [-0.3, -0.25) is 4.98 Å². The molecule has 2 aromatic heterocycles. The van der Waals surface area contributed by atoms with Gasteiger partial charge in [0.2, 0.25) is 0 Å². The minimum Gasteiger partial charge on any atom is -0.252 e. The topological polar surface area (TPSA) is 25.8 Å². The van der Waals surface area contributed by atoms with Gasteiger partial charge < -0.3 is 0 Å². The van der Waals surface area contributed by atoms with Crippen molar-refractivity contribution in [1.29, 1.82) is 0 Å². The van der Waals surface area contributed by atoms with Gasteiger partial charge in [0.1, 0.15) is 0 Å². The molecular formula is C34H20N2S. The molecular weight excluding hydrogens is 468 g/mol. The summed E-state index contributed by atoms with van der Waals surface area (Å²) >= 11 is 1.86. The summed E-state index contributed by atoms with van der Waals surface area (Å²) in [4.78, 5) is 10.1.